The van der Waals surface area contributed by atoms with Gasteiger partial charge in [-0.25, -0.2) is 0 Å². The molecule has 1 atom stereocenters. The molecule has 1 aliphatic carbocycles. The number of benzene rings is 1. The lowest BCUT2D eigenvalue weighted by Crippen LogP contribution is -2.27. The van der Waals surface area contributed by atoms with Crippen molar-refractivity contribution in [3.8, 4) is 0 Å². The van der Waals surface area contributed by atoms with E-state index >= 15 is 0 Å². The molecule has 0 heterocycles. The van der Waals surface area contributed by atoms with Crippen LogP contribution < -0.4 is 5.73 Å². The van der Waals surface area contributed by atoms with Crippen molar-refractivity contribution in [2.75, 3.05) is 0 Å². The summed E-state index contributed by atoms with van der Waals surface area (Å²) in [4.78, 5) is 0. The molecule has 1 aliphatic rings. The highest BCUT2D eigenvalue weighted by atomic mass is 79.9. The first-order valence-corrected chi connectivity index (χ1v) is 6.06. The maximum Gasteiger partial charge on any atom is 0.0410 e. The Morgan fingerprint density at radius 2 is 2.07 bits per heavy atom. The van der Waals surface area contributed by atoms with Gasteiger partial charge in [0.15, 0.2) is 0 Å². The van der Waals surface area contributed by atoms with E-state index in [9.17, 15) is 0 Å². The highest BCUT2D eigenvalue weighted by molar-refractivity contribution is 9.10. The number of hydrogen-bond donors (Lipinski definition) is 1. The Kier molecular flexibility index (Phi) is 4.91. The van der Waals surface area contributed by atoms with E-state index in [1.165, 1.54) is 19.3 Å². The van der Waals surface area contributed by atoms with Crippen molar-refractivity contribution in [3.63, 3.8) is 0 Å². The van der Waals surface area contributed by atoms with E-state index in [-0.39, 0.29) is 18.4 Å². The molecule has 1 nitrogen and oxygen atoms in total. The summed E-state index contributed by atoms with van der Waals surface area (Å²) in [6.07, 6.45) is 3.82. The molecule has 84 valence electrons. The lowest BCUT2D eigenvalue weighted by Gasteiger charge is -2.32. The second kappa shape index (κ2) is 5.53. The average molecular weight is 311 g/mol. The molecule has 0 amide bonds. The van der Waals surface area contributed by atoms with Gasteiger partial charge in [-0.15, -0.1) is 12.4 Å². The first-order chi connectivity index (χ1) is 6.68. The van der Waals surface area contributed by atoms with Gasteiger partial charge in [0, 0.05) is 15.5 Å². The summed E-state index contributed by atoms with van der Waals surface area (Å²) in [6, 6.07) is 5.95. The van der Waals surface area contributed by atoms with Crippen LogP contribution >= 0.6 is 39.9 Å². The molecule has 0 unspecified atom stereocenters. The first-order valence-electron chi connectivity index (χ1n) is 4.89. The molecule has 1 fully saturated rings. The van der Waals surface area contributed by atoms with Gasteiger partial charge in [-0.3, -0.25) is 0 Å². The van der Waals surface area contributed by atoms with E-state index in [4.69, 9.17) is 17.3 Å². The van der Waals surface area contributed by atoms with Crippen molar-refractivity contribution in [1.82, 2.24) is 0 Å². The van der Waals surface area contributed by atoms with Crippen LogP contribution in [0.5, 0.6) is 0 Å². The van der Waals surface area contributed by atoms with Crippen LogP contribution in [0.15, 0.2) is 22.7 Å². The fourth-order valence-electron chi connectivity index (χ4n) is 1.82. The van der Waals surface area contributed by atoms with Crippen LogP contribution in [0.2, 0.25) is 5.02 Å². The van der Waals surface area contributed by atoms with Crippen LogP contribution in [0, 0.1) is 5.92 Å². The second-order valence-electron chi connectivity index (χ2n) is 3.88. The maximum absolute atomic E-state index is 6.18. The molecule has 0 aliphatic heterocycles. The van der Waals surface area contributed by atoms with Crippen LogP contribution in [-0.4, -0.2) is 0 Å². The smallest absolute Gasteiger partial charge is 0.0410 e. The van der Waals surface area contributed by atoms with Crippen LogP contribution in [0.1, 0.15) is 30.9 Å². The fraction of sp³-hybridized carbons (Fsp3) is 0.455. The Bertz CT molecular complexity index is 339. The van der Waals surface area contributed by atoms with Gasteiger partial charge < -0.3 is 5.73 Å². The summed E-state index contributed by atoms with van der Waals surface area (Å²) in [5, 5.41) is 0.762. The standard InChI is InChI=1S/C11H13BrClN.ClH/c12-10-5-4-8(13)6-9(10)11(14)7-2-1-3-7;/h4-7,11H,1-3,14H2;1H/t11-;/m1./s1. The average Bonchev–Trinajstić information content (AvgIpc) is 2.06. The molecule has 2 N–H and O–H groups in total. The summed E-state index contributed by atoms with van der Waals surface area (Å²) in [5.41, 5.74) is 7.32. The Labute approximate surface area is 110 Å². The molecule has 4 heteroatoms. The zero-order valence-electron chi connectivity index (χ0n) is 8.25. The zero-order chi connectivity index (χ0) is 10.1. The lowest BCUT2D eigenvalue weighted by molar-refractivity contribution is 0.264. The highest BCUT2D eigenvalue weighted by Gasteiger charge is 2.26. The molecular formula is C11H14BrCl2N. The highest BCUT2D eigenvalue weighted by Crippen LogP contribution is 2.39. The summed E-state index contributed by atoms with van der Waals surface area (Å²) in [5.74, 6) is 0.643. The summed E-state index contributed by atoms with van der Waals surface area (Å²) in [6.45, 7) is 0. The minimum Gasteiger partial charge on any atom is -0.324 e. The van der Waals surface area contributed by atoms with Gasteiger partial charge in [-0.2, -0.15) is 0 Å². The number of rotatable bonds is 2. The molecule has 0 radical (unpaired) electrons. The number of halogens is 3. The van der Waals surface area contributed by atoms with Gasteiger partial charge in [-0.1, -0.05) is 34.0 Å². The maximum atomic E-state index is 6.18. The predicted octanol–water partition coefficient (Wildman–Crippen LogP) is 4.32. The molecule has 15 heavy (non-hydrogen) atoms. The van der Waals surface area contributed by atoms with Crippen LogP contribution in [0.3, 0.4) is 0 Å². The van der Waals surface area contributed by atoms with Crippen LogP contribution in [0.25, 0.3) is 0 Å². The van der Waals surface area contributed by atoms with Gasteiger partial charge in [0.05, 0.1) is 0 Å². The van der Waals surface area contributed by atoms with E-state index < -0.39 is 0 Å². The third-order valence-corrected chi connectivity index (χ3v) is 3.93. The largest absolute Gasteiger partial charge is 0.324 e. The Morgan fingerprint density at radius 3 is 2.60 bits per heavy atom. The normalized spacial score (nSPS) is 17.8. The lowest BCUT2D eigenvalue weighted by atomic mass is 9.78. The van der Waals surface area contributed by atoms with E-state index in [0.29, 0.717) is 5.92 Å². The van der Waals surface area contributed by atoms with Crippen molar-refractivity contribution in [3.05, 3.63) is 33.3 Å². The van der Waals surface area contributed by atoms with Gasteiger partial charge in [0.2, 0.25) is 0 Å². The molecule has 1 aromatic carbocycles. The zero-order valence-corrected chi connectivity index (χ0v) is 11.4. The third kappa shape index (κ3) is 2.88. The van der Waals surface area contributed by atoms with Gasteiger partial charge in [-0.05, 0) is 42.5 Å². The Morgan fingerprint density at radius 1 is 1.40 bits per heavy atom. The van der Waals surface area contributed by atoms with E-state index in [0.717, 1.165) is 15.1 Å². The summed E-state index contributed by atoms with van der Waals surface area (Å²) < 4.78 is 1.07. The van der Waals surface area contributed by atoms with E-state index in [1.807, 2.05) is 18.2 Å². The van der Waals surface area contributed by atoms with Crippen molar-refractivity contribution in [2.24, 2.45) is 11.7 Å². The van der Waals surface area contributed by atoms with Crippen LogP contribution in [0.4, 0.5) is 0 Å². The number of hydrogen-bond acceptors (Lipinski definition) is 1. The van der Waals surface area contributed by atoms with Crippen molar-refractivity contribution in [2.45, 2.75) is 25.3 Å². The fourth-order valence-corrected chi connectivity index (χ4v) is 2.51. The van der Waals surface area contributed by atoms with Gasteiger partial charge in [0.25, 0.3) is 0 Å². The SMILES string of the molecule is Cl.N[C@@H](c1cc(Cl)ccc1Br)C1CCC1. The van der Waals surface area contributed by atoms with E-state index in [1.54, 1.807) is 0 Å². The van der Waals surface area contributed by atoms with Gasteiger partial charge >= 0.3 is 0 Å². The predicted molar refractivity (Wildman–Crippen MR) is 70.7 cm³/mol. The quantitative estimate of drug-likeness (QED) is 0.864. The van der Waals surface area contributed by atoms with Crippen LogP contribution in [-0.2, 0) is 0 Å². The molecular weight excluding hydrogens is 297 g/mol. The molecule has 1 aromatic rings. The van der Waals surface area contributed by atoms with Crippen molar-refractivity contribution < 1.29 is 0 Å². The monoisotopic (exact) mass is 309 g/mol. The number of nitrogens with two attached hydrogens (primary N) is 1. The first kappa shape index (κ1) is 13.3. The summed E-state index contributed by atoms with van der Waals surface area (Å²) in [7, 11) is 0. The molecule has 0 bridgehead atoms. The molecule has 0 spiro atoms. The minimum atomic E-state index is 0. The summed E-state index contributed by atoms with van der Waals surface area (Å²) >= 11 is 9.46. The molecule has 0 saturated heterocycles. The second-order valence-corrected chi connectivity index (χ2v) is 5.17. The van der Waals surface area contributed by atoms with Crippen molar-refractivity contribution >= 4 is 39.9 Å². The molecule has 2 rings (SSSR count). The molecule has 0 aromatic heterocycles. The van der Waals surface area contributed by atoms with E-state index in [2.05, 4.69) is 15.9 Å². The Hall–Kier alpha value is 0.240. The van der Waals surface area contributed by atoms with Gasteiger partial charge in [0.1, 0.15) is 0 Å². The van der Waals surface area contributed by atoms with Crippen molar-refractivity contribution in [1.29, 1.82) is 0 Å². The molecule has 1 saturated carbocycles. The minimum absolute atomic E-state index is 0. The Balaban J connectivity index is 0.00000112. The topological polar surface area (TPSA) is 26.0 Å². The third-order valence-electron chi connectivity index (χ3n) is 2.97.